The summed E-state index contributed by atoms with van der Waals surface area (Å²) in [4.78, 5) is 12.2. The van der Waals surface area contributed by atoms with Gasteiger partial charge in [0, 0.05) is 11.8 Å². The highest BCUT2D eigenvalue weighted by atomic mass is 16.5. The normalized spacial score (nSPS) is 10.6. The molecule has 1 amide bonds. The van der Waals surface area contributed by atoms with E-state index in [2.05, 4.69) is 5.32 Å². The Morgan fingerprint density at radius 1 is 1.09 bits per heavy atom. The van der Waals surface area contributed by atoms with E-state index in [9.17, 15) is 10.1 Å². The van der Waals surface area contributed by atoms with Gasteiger partial charge in [0.2, 0.25) is 0 Å². The lowest BCUT2D eigenvalue weighted by molar-refractivity contribution is -0.112. The van der Waals surface area contributed by atoms with Crippen molar-refractivity contribution < 1.29 is 14.3 Å². The smallest absolute Gasteiger partial charge is 0.266 e. The number of hydrogen-bond donors (Lipinski definition) is 1. The lowest BCUT2D eigenvalue weighted by atomic mass is 10.1. The number of methoxy groups -OCH3 is 2. The van der Waals surface area contributed by atoms with Crippen molar-refractivity contribution in [2.24, 2.45) is 0 Å². The van der Waals surface area contributed by atoms with E-state index >= 15 is 0 Å². The van der Waals surface area contributed by atoms with Gasteiger partial charge in [-0.15, -0.1) is 0 Å². The molecule has 0 aliphatic rings. The van der Waals surface area contributed by atoms with Crippen molar-refractivity contribution in [2.45, 2.75) is 0 Å². The van der Waals surface area contributed by atoms with Crippen LogP contribution in [-0.2, 0) is 4.79 Å². The second-order valence-electron chi connectivity index (χ2n) is 4.64. The first-order valence-electron chi connectivity index (χ1n) is 6.87. The minimum Gasteiger partial charge on any atom is -0.497 e. The van der Waals surface area contributed by atoms with E-state index in [4.69, 9.17) is 9.47 Å². The van der Waals surface area contributed by atoms with Crippen molar-refractivity contribution in [3.8, 4) is 17.6 Å². The molecule has 2 aromatic rings. The lowest BCUT2D eigenvalue weighted by Gasteiger charge is -2.07. The first kappa shape index (κ1) is 16.1. The number of hydrogen-bond acceptors (Lipinski definition) is 4. The van der Waals surface area contributed by atoms with E-state index in [1.165, 1.54) is 20.3 Å². The van der Waals surface area contributed by atoms with Crippen molar-refractivity contribution in [2.75, 3.05) is 19.5 Å². The molecule has 0 aliphatic heterocycles. The van der Waals surface area contributed by atoms with Crippen LogP contribution in [0.25, 0.3) is 6.08 Å². The van der Waals surface area contributed by atoms with Gasteiger partial charge in [0.15, 0.2) is 0 Å². The highest BCUT2D eigenvalue weighted by Crippen LogP contribution is 2.24. The number of nitrogens with zero attached hydrogens (tertiary/aromatic N) is 1. The van der Waals surface area contributed by atoms with Crippen LogP contribution < -0.4 is 14.8 Å². The van der Waals surface area contributed by atoms with Gasteiger partial charge in [-0.3, -0.25) is 4.79 Å². The molecule has 5 heteroatoms. The minimum absolute atomic E-state index is 0.0100. The van der Waals surface area contributed by atoms with Gasteiger partial charge in [-0.2, -0.15) is 5.26 Å². The van der Waals surface area contributed by atoms with Crippen molar-refractivity contribution in [1.29, 1.82) is 5.26 Å². The molecular formula is C18H16N2O3. The molecule has 23 heavy (non-hydrogen) atoms. The Balaban J connectivity index is 2.28. The quantitative estimate of drug-likeness (QED) is 0.680. The van der Waals surface area contributed by atoms with Crippen LogP contribution in [0.1, 0.15) is 5.56 Å². The third kappa shape index (κ3) is 4.35. The van der Waals surface area contributed by atoms with Crippen LogP contribution in [0.15, 0.2) is 54.1 Å². The zero-order valence-electron chi connectivity index (χ0n) is 12.9. The summed E-state index contributed by atoms with van der Waals surface area (Å²) in [5.41, 5.74) is 1.26. The summed E-state index contributed by atoms with van der Waals surface area (Å²) in [7, 11) is 3.07. The molecule has 0 spiro atoms. The predicted octanol–water partition coefficient (Wildman–Crippen LogP) is 3.25. The number of anilines is 1. The summed E-state index contributed by atoms with van der Waals surface area (Å²) in [6, 6.07) is 16.0. The molecule has 0 saturated carbocycles. The summed E-state index contributed by atoms with van der Waals surface area (Å²) in [5, 5.41) is 11.9. The average Bonchev–Trinajstić information content (AvgIpc) is 2.60. The van der Waals surface area contributed by atoms with E-state index in [1.54, 1.807) is 42.5 Å². The van der Waals surface area contributed by atoms with E-state index in [0.717, 1.165) is 0 Å². The molecule has 2 aromatic carbocycles. The Morgan fingerprint density at radius 2 is 1.70 bits per heavy atom. The fourth-order valence-corrected chi connectivity index (χ4v) is 1.95. The van der Waals surface area contributed by atoms with Crippen LogP contribution >= 0.6 is 0 Å². The number of nitrogens with one attached hydrogen (secondary N) is 1. The summed E-state index contributed by atoms with van der Waals surface area (Å²) in [6.07, 6.45) is 1.49. The summed E-state index contributed by atoms with van der Waals surface area (Å²) in [5.74, 6) is 0.688. The second kappa shape index (κ2) is 7.66. The van der Waals surface area contributed by atoms with Crippen LogP contribution in [0.2, 0.25) is 0 Å². The molecule has 0 aliphatic carbocycles. The van der Waals surface area contributed by atoms with Crippen molar-refractivity contribution >= 4 is 17.7 Å². The number of para-hydroxylation sites is 1. The largest absolute Gasteiger partial charge is 0.497 e. The molecule has 0 radical (unpaired) electrons. The molecule has 2 rings (SSSR count). The van der Waals surface area contributed by atoms with E-state index < -0.39 is 5.91 Å². The zero-order chi connectivity index (χ0) is 16.7. The van der Waals surface area contributed by atoms with Gasteiger partial charge < -0.3 is 14.8 Å². The molecular weight excluding hydrogens is 292 g/mol. The average molecular weight is 308 g/mol. The number of amides is 1. The fraction of sp³-hybridized carbons (Fsp3) is 0.111. The van der Waals surface area contributed by atoms with Crippen LogP contribution in [0.4, 0.5) is 5.69 Å². The summed E-state index contributed by atoms with van der Waals surface area (Å²) in [6.45, 7) is 0. The monoisotopic (exact) mass is 308 g/mol. The fourth-order valence-electron chi connectivity index (χ4n) is 1.95. The van der Waals surface area contributed by atoms with Gasteiger partial charge in [-0.1, -0.05) is 18.2 Å². The highest BCUT2D eigenvalue weighted by molar-refractivity contribution is 6.09. The summed E-state index contributed by atoms with van der Waals surface area (Å²) >= 11 is 0. The predicted molar refractivity (Wildman–Crippen MR) is 88.2 cm³/mol. The van der Waals surface area contributed by atoms with E-state index in [-0.39, 0.29) is 5.57 Å². The van der Waals surface area contributed by atoms with Crippen molar-refractivity contribution in [3.63, 3.8) is 0 Å². The minimum atomic E-state index is -0.472. The van der Waals surface area contributed by atoms with Crippen LogP contribution in [0.3, 0.4) is 0 Å². The first-order chi connectivity index (χ1) is 11.2. The Bertz CT molecular complexity index is 739. The number of rotatable bonds is 5. The molecule has 0 fully saturated rings. The Hall–Kier alpha value is -3.26. The molecule has 0 unspecified atom stereocenters. The van der Waals surface area contributed by atoms with Gasteiger partial charge in [-0.25, -0.2) is 0 Å². The molecule has 1 N–H and O–H groups in total. The molecule has 116 valence electrons. The van der Waals surface area contributed by atoms with Crippen molar-refractivity contribution in [3.05, 3.63) is 59.7 Å². The Kier molecular flexibility index (Phi) is 5.37. The number of benzene rings is 2. The topological polar surface area (TPSA) is 71.3 Å². The lowest BCUT2D eigenvalue weighted by Crippen LogP contribution is -2.13. The Morgan fingerprint density at radius 3 is 2.22 bits per heavy atom. The third-order valence-corrected chi connectivity index (χ3v) is 3.08. The van der Waals surface area contributed by atoms with Crippen LogP contribution in [0, 0.1) is 11.3 Å². The van der Waals surface area contributed by atoms with Gasteiger partial charge in [0.1, 0.15) is 23.1 Å². The Labute approximate surface area is 134 Å². The number of ether oxygens (including phenoxy) is 2. The maximum absolute atomic E-state index is 12.2. The summed E-state index contributed by atoms with van der Waals surface area (Å²) < 4.78 is 10.4. The molecule has 0 aromatic heterocycles. The third-order valence-electron chi connectivity index (χ3n) is 3.08. The van der Waals surface area contributed by atoms with Crippen LogP contribution in [0.5, 0.6) is 11.5 Å². The van der Waals surface area contributed by atoms with Crippen LogP contribution in [-0.4, -0.2) is 20.1 Å². The first-order valence-corrected chi connectivity index (χ1v) is 6.87. The zero-order valence-corrected chi connectivity index (χ0v) is 12.9. The van der Waals surface area contributed by atoms with Gasteiger partial charge in [0.25, 0.3) is 5.91 Å². The van der Waals surface area contributed by atoms with Crippen molar-refractivity contribution in [1.82, 2.24) is 0 Å². The number of carbonyl (C=O) groups is 1. The molecule has 0 heterocycles. The standard InChI is InChI=1S/C18H16N2O3/c1-22-16-9-13(10-17(11-16)23-2)8-14(12-19)18(21)20-15-6-4-3-5-7-15/h3-11H,1-2H3,(H,20,21)/b14-8+. The number of nitriles is 1. The van der Waals surface area contributed by atoms with E-state index in [1.807, 2.05) is 12.1 Å². The second-order valence-corrected chi connectivity index (χ2v) is 4.64. The van der Waals surface area contributed by atoms with Gasteiger partial charge in [-0.05, 0) is 35.9 Å². The number of carbonyl (C=O) groups excluding carboxylic acids is 1. The van der Waals surface area contributed by atoms with Gasteiger partial charge in [0.05, 0.1) is 14.2 Å². The molecule has 5 nitrogen and oxygen atoms in total. The maximum atomic E-state index is 12.2. The maximum Gasteiger partial charge on any atom is 0.266 e. The SMILES string of the molecule is COc1cc(/C=C(\C#N)C(=O)Nc2ccccc2)cc(OC)c1. The molecule has 0 atom stereocenters. The molecule has 0 saturated heterocycles. The molecule has 0 bridgehead atoms. The highest BCUT2D eigenvalue weighted by Gasteiger charge is 2.10. The van der Waals surface area contributed by atoms with E-state index in [0.29, 0.717) is 22.7 Å². The van der Waals surface area contributed by atoms with Gasteiger partial charge >= 0.3 is 0 Å².